The molecular formula is C15H12N2O2. The average molecular weight is 252 g/mol. The third-order valence-electron chi connectivity index (χ3n) is 2.37. The lowest BCUT2D eigenvalue weighted by Gasteiger charge is -2.05. The molecular weight excluding hydrogens is 240 g/mol. The van der Waals surface area contributed by atoms with E-state index in [1.165, 1.54) is 0 Å². The maximum Gasteiger partial charge on any atom is 0.255 e. The summed E-state index contributed by atoms with van der Waals surface area (Å²) in [5, 5.41) is 11.4. The van der Waals surface area contributed by atoms with Crippen LogP contribution in [0.25, 0.3) is 0 Å². The van der Waals surface area contributed by atoms with Gasteiger partial charge in [-0.05, 0) is 30.3 Å². The molecule has 0 atom stereocenters. The van der Waals surface area contributed by atoms with Crippen LogP contribution in [0.4, 0.5) is 5.69 Å². The molecule has 2 rings (SSSR count). The quantitative estimate of drug-likeness (QED) is 0.799. The van der Waals surface area contributed by atoms with Crippen LogP contribution in [0.15, 0.2) is 48.8 Å². The van der Waals surface area contributed by atoms with Gasteiger partial charge in [0.15, 0.2) is 0 Å². The molecule has 0 bridgehead atoms. The number of hydrogen-bond acceptors (Lipinski definition) is 3. The Hall–Kier alpha value is -2.64. The molecule has 0 saturated carbocycles. The number of nitrogens with one attached hydrogen (secondary N) is 1. The smallest absolute Gasteiger partial charge is 0.255 e. The molecule has 19 heavy (non-hydrogen) atoms. The topological polar surface area (TPSA) is 62.2 Å². The normalized spacial score (nSPS) is 9.32. The fourth-order valence-corrected chi connectivity index (χ4v) is 1.52. The van der Waals surface area contributed by atoms with Crippen LogP contribution < -0.4 is 5.32 Å². The second-order valence-corrected chi connectivity index (χ2v) is 3.73. The maximum absolute atomic E-state index is 11.9. The van der Waals surface area contributed by atoms with Crippen molar-refractivity contribution < 1.29 is 9.90 Å². The van der Waals surface area contributed by atoms with E-state index in [-0.39, 0.29) is 12.5 Å². The van der Waals surface area contributed by atoms with Crippen molar-refractivity contribution >= 4 is 11.6 Å². The fourth-order valence-electron chi connectivity index (χ4n) is 1.52. The molecule has 4 nitrogen and oxygen atoms in total. The number of rotatable bonds is 2. The van der Waals surface area contributed by atoms with Gasteiger partial charge >= 0.3 is 0 Å². The largest absolute Gasteiger partial charge is 0.384 e. The molecule has 2 aromatic rings. The summed E-state index contributed by atoms with van der Waals surface area (Å²) < 4.78 is 0. The van der Waals surface area contributed by atoms with Crippen LogP contribution in [0, 0.1) is 11.8 Å². The zero-order valence-corrected chi connectivity index (χ0v) is 10.1. The molecule has 0 unspecified atom stereocenters. The second-order valence-electron chi connectivity index (χ2n) is 3.73. The third-order valence-corrected chi connectivity index (χ3v) is 2.37. The van der Waals surface area contributed by atoms with E-state index < -0.39 is 0 Å². The van der Waals surface area contributed by atoms with Crippen LogP contribution >= 0.6 is 0 Å². The molecule has 0 aliphatic rings. The standard InChI is InChI=1S/C15H12N2O2/c18-10-2-4-12-3-1-5-14(11-12)17-15(19)13-6-8-16-9-7-13/h1,3,5-9,11,18H,10H2,(H,17,19). The highest BCUT2D eigenvalue weighted by molar-refractivity contribution is 6.04. The van der Waals surface area contributed by atoms with Crippen molar-refractivity contribution in [1.29, 1.82) is 0 Å². The van der Waals surface area contributed by atoms with Gasteiger partial charge in [-0.15, -0.1) is 0 Å². The van der Waals surface area contributed by atoms with E-state index >= 15 is 0 Å². The molecule has 0 aliphatic carbocycles. The molecule has 0 aliphatic heterocycles. The van der Waals surface area contributed by atoms with Crippen LogP contribution in [-0.4, -0.2) is 22.6 Å². The molecule has 1 heterocycles. The maximum atomic E-state index is 11.9. The van der Waals surface area contributed by atoms with E-state index in [0.717, 1.165) is 5.56 Å². The molecule has 0 spiro atoms. The molecule has 1 amide bonds. The van der Waals surface area contributed by atoms with Crippen molar-refractivity contribution in [3.63, 3.8) is 0 Å². The van der Waals surface area contributed by atoms with Crippen LogP contribution in [0.5, 0.6) is 0 Å². The number of carbonyl (C=O) groups excluding carboxylic acids is 1. The third kappa shape index (κ3) is 3.66. The Morgan fingerprint density at radius 2 is 2.05 bits per heavy atom. The summed E-state index contributed by atoms with van der Waals surface area (Å²) in [6, 6.07) is 10.4. The Kier molecular flexibility index (Phi) is 4.27. The van der Waals surface area contributed by atoms with E-state index in [1.54, 1.807) is 42.7 Å². The number of amides is 1. The van der Waals surface area contributed by atoms with Crippen LogP contribution in [0.3, 0.4) is 0 Å². The average Bonchev–Trinajstić information content (AvgIpc) is 2.46. The van der Waals surface area contributed by atoms with Crippen molar-refractivity contribution in [3.05, 3.63) is 59.9 Å². The highest BCUT2D eigenvalue weighted by Gasteiger charge is 2.05. The molecule has 0 fully saturated rings. The number of nitrogens with zero attached hydrogens (tertiary/aromatic N) is 1. The van der Waals surface area contributed by atoms with Crippen molar-refractivity contribution in [2.24, 2.45) is 0 Å². The fraction of sp³-hybridized carbons (Fsp3) is 0.0667. The number of pyridine rings is 1. The minimum Gasteiger partial charge on any atom is -0.384 e. The van der Waals surface area contributed by atoms with Crippen molar-refractivity contribution in [1.82, 2.24) is 4.98 Å². The van der Waals surface area contributed by atoms with Crippen LogP contribution in [0.1, 0.15) is 15.9 Å². The van der Waals surface area contributed by atoms with Crippen LogP contribution in [-0.2, 0) is 0 Å². The Labute approximate surface area is 111 Å². The van der Waals surface area contributed by atoms with E-state index in [2.05, 4.69) is 22.1 Å². The van der Waals surface area contributed by atoms with Gasteiger partial charge in [-0.1, -0.05) is 17.9 Å². The zero-order valence-electron chi connectivity index (χ0n) is 10.1. The Morgan fingerprint density at radius 3 is 2.79 bits per heavy atom. The number of aliphatic hydroxyl groups is 1. The van der Waals surface area contributed by atoms with Gasteiger partial charge in [-0.2, -0.15) is 0 Å². The van der Waals surface area contributed by atoms with Gasteiger partial charge in [0.2, 0.25) is 0 Å². The number of carbonyl (C=O) groups is 1. The van der Waals surface area contributed by atoms with Gasteiger partial charge in [-0.25, -0.2) is 0 Å². The van der Waals surface area contributed by atoms with Gasteiger partial charge in [0, 0.05) is 29.2 Å². The molecule has 1 aromatic carbocycles. The van der Waals surface area contributed by atoms with Gasteiger partial charge in [0.1, 0.15) is 6.61 Å². The summed E-state index contributed by atoms with van der Waals surface area (Å²) >= 11 is 0. The number of aliphatic hydroxyl groups excluding tert-OH is 1. The summed E-state index contributed by atoms with van der Waals surface area (Å²) in [7, 11) is 0. The number of aromatic nitrogens is 1. The lowest BCUT2D eigenvalue weighted by atomic mass is 10.2. The molecule has 2 N–H and O–H groups in total. The Morgan fingerprint density at radius 1 is 1.26 bits per heavy atom. The predicted molar refractivity (Wildman–Crippen MR) is 72.6 cm³/mol. The van der Waals surface area contributed by atoms with E-state index in [0.29, 0.717) is 11.3 Å². The summed E-state index contributed by atoms with van der Waals surface area (Å²) in [5.41, 5.74) is 1.94. The van der Waals surface area contributed by atoms with Gasteiger partial charge in [-0.3, -0.25) is 9.78 Å². The Bertz CT molecular complexity index is 627. The molecule has 94 valence electrons. The summed E-state index contributed by atoms with van der Waals surface area (Å²) in [6.45, 7) is -0.187. The summed E-state index contributed by atoms with van der Waals surface area (Å²) in [5.74, 6) is 5.15. The lowest BCUT2D eigenvalue weighted by molar-refractivity contribution is 0.102. The number of hydrogen-bond donors (Lipinski definition) is 2. The minimum atomic E-state index is -0.199. The lowest BCUT2D eigenvalue weighted by Crippen LogP contribution is -2.11. The van der Waals surface area contributed by atoms with Gasteiger partial charge in [0.05, 0.1) is 0 Å². The van der Waals surface area contributed by atoms with Gasteiger partial charge in [0.25, 0.3) is 5.91 Å². The summed E-state index contributed by atoms with van der Waals surface area (Å²) in [6.07, 6.45) is 3.14. The Balaban J connectivity index is 2.13. The van der Waals surface area contributed by atoms with Crippen molar-refractivity contribution in [3.8, 4) is 11.8 Å². The summed E-state index contributed by atoms with van der Waals surface area (Å²) in [4.78, 5) is 15.8. The van der Waals surface area contributed by atoms with Crippen LogP contribution in [0.2, 0.25) is 0 Å². The minimum absolute atomic E-state index is 0.187. The highest BCUT2D eigenvalue weighted by Crippen LogP contribution is 2.11. The highest BCUT2D eigenvalue weighted by atomic mass is 16.2. The predicted octanol–water partition coefficient (Wildman–Crippen LogP) is 1.68. The van der Waals surface area contributed by atoms with E-state index in [4.69, 9.17) is 5.11 Å². The number of benzene rings is 1. The number of anilines is 1. The molecule has 4 heteroatoms. The SMILES string of the molecule is O=C(Nc1cccc(C#CCO)c1)c1ccncc1. The molecule has 1 aromatic heterocycles. The molecule has 0 radical (unpaired) electrons. The van der Waals surface area contributed by atoms with Crippen molar-refractivity contribution in [2.45, 2.75) is 0 Å². The second kappa shape index (κ2) is 6.34. The van der Waals surface area contributed by atoms with E-state index in [9.17, 15) is 4.79 Å². The van der Waals surface area contributed by atoms with Crippen molar-refractivity contribution in [2.75, 3.05) is 11.9 Å². The van der Waals surface area contributed by atoms with Gasteiger partial charge < -0.3 is 10.4 Å². The first kappa shape index (κ1) is 12.8. The first-order valence-corrected chi connectivity index (χ1v) is 5.71. The first-order chi connectivity index (χ1) is 9.29. The van der Waals surface area contributed by atoms with E-state index in [1.807, 2.05) is 6.07 Å². The first-order valence-electron chi connectivity index (χ1n) is 5.71. The monoisotopic (exact) mass is 252 g/mol. The zero-order chi connectivity index (χ0) is 13.5. The molecule has 0 saturated heterocycles.